The standard InChI is InChI=1S/C14H19BrN4O2/c15-11-9-16-14(19-5-7-21-8-6-19)18-12(11)13(20)17-10-3-1-2-4-10/h9-10H,1-8H2,(H,17,20). The van der Waals surface area contributed by atoms with E-state index in [0.717, 1.165) is 25.9 Å². The van der Waals surface area contributed by atoms with Crippen molar-refractivity contribution in [2.75, 3.05) is 31.2 Å². The molecular weight excluding hydrogens is 336 g/mol. The Morgan fingerprint density at radius 3 is 2.76 bits per heavy atom. The van der Waals surface area contributed by atoms with E-state index in [1.807, 2.05) is 4.90 Å². The van der Waals surface area contributed by atoms with Crippen LogP contribution in [0.25, 0.3) is 0 Å². The van der Waals surface area contributed by atoms with Crippen molar-refractivity contribution in [2.45, 2.75) is 31.7 Å². The maximum Gasteiger partial charge on any atom is 0.271 e. The van der Waals surface area contributed by atoms with Crippen molar-refractivity contribution in [3.05, 3.63) is 16.4 Å². The highest BCUT2D eigenvalue weighted by molar-refractivity contribution is 9.10. The molecular formula is C14H19BrN4O2. The van der Waals surface area contributed by atoms with Crippen LogP contribution in [0.5, 0.6) is 0 Å². The first-order chi connectivity index (χ1) is 10.2. The number of anilines is 1. The van der Waals surface area contributed by atoms with E-state index in [-0.39, 0.29) is 11.9 Å². The third kappa shape index (κ3) is 3.52. The van der Waals surface area contributed by atoms with E-state index in [0.29, 0.717) is 29.3 Å². The summed E-state index contributed by atoms with van der Waals surface area (Å²) < 4.78 is 5.96. The summed E-state index contributed by atoms with van der Waals surface area (Å²) in [6, 6.07) is 0.284. The molecule has 3 rings (SSSR count). The normalized spacial score (nSPS) is 19.8. The van der Waals surface area contributed by atoms with E-state index in [4.69, 9.17) is 4.74 Å². The first-order valence-electron chi connectivity index (χ1n) is 7.40. The molecule has 1 aliphatic heterocycles. The molecule has 1 aromatic heterocycles. The average Bonchev–Trinajstić information content (AvgIpc) is 3.01. The lowest BCUT2D eigenvalue weighted by Gasteiger charge is -2.27. The van der Waals surface area contributed by atoms with Crippen molar-refractivity contribution in [1.82, 2.24) is 15.3 Å². The molecule has 6 nitrogen and oxygen atoms in total. The summed E-state index contributed by atoms with van der Waals surface area (Å²) in [4.78, 5) is 23.2. The van der Waals surface area contributed by atoms with Gasteiger partial charge in [0.1, 0.15) is 5.69 Å². The first-order valence-corrected chi connectivity index (χ1v) is 8.19. The fourth-order valence-electron chi connectivity index (χ4n) is 2.76. The number of morpholine rings is 1. The topological polar surface area (TPSA) is 67.4 Å². The van der Waals surface area contributed by atoms with Crippen LogP contribution in [-0.4, -0.2) is 48.2 Å². The molecule has 1 aromatic rings. The highest BCUT2D eigenvalue weighted by Gasteiger charge is 2.22. The van der Waals surface area contributed by atoms with Gasteiger partial charge in [0.25, 0.3) is 5.91 Å². The summed E-state index contributed by atoms with van der Waals surface area (Å²) in [5.74, 6) is 0.476. The number of hydrogen-bond acceptors (Lipinski definition) is 5. The van der Waals surface area contributed by atoms with E-state index >= 15 is 0 Å². The van der Waals surface area contributed by atoms with Gasteiger partial charge in [-0.15, -0.1) is 0 Å². The minimum absolute atomic E-state index is 0.120. The van der Waals surface area contributed by atoms with Crippen molar-refractivity contribution < 1.29 is 9.53 Å². The second-order valence-corrected chi connectivity index (χ2v) is 6.28. The largest absolute Gasteiger partial charge is 0.378 e. The van der Waals surface area contributed by atoms with Gasteiger partial charge in [0.15, 0.2) is 0 Å². The predicted octanol–water partition coefficient (Wildman–Crippen LogP) is 1.75. The van der Waals surface area contributed by atoms with E-state index in [1.165, 1.54) is 12.8 Å². The number of amides is 1. The molecule has 0 atom stereocenters. The number of halogens is 1. The second kappa shape index (κ2) is 6.70. The number of aromatic nitrogens is 2. The number of ether oxygens (including phenoxy) is 1. The van der Waals surface area contributed by atoms with Crippen molar-refractivity contribution in [3.63, 3.8) is 0 Å². The fraction of sp³-hybridized carbons (Fsp3) is 0.643. The third-order valence-corrected chi connectivity index (χ3v) is 4.51. The van der Waals surface area contributed by atoms with Crippen LogP contribution in [0.1, 0.15) is 36.2 Å². The molecule has 0 bridgehead atoms. The van der Waals surface area contributed by atoms with Crippen molar-refractivity contribution in [3.8, 4) is 0 Å². The Morgan fingerprint density at radius 1 is 1.33 bits per heavy atom. The van der Waals surface area contributed by atoms with E-state index in [1.54, 1.807) is 6.20 Å². The summed E-state index contributed by atoms with van der Waals surface area (Å²) in [5, 5.41) is 3.06. The lowest BCUT2D eigenvalue weighted by Crippen LogP contribution is -2.38. The molecule has 0 spiro atoms. The average molecular weight is 355 g/mol. The molecule has 1 amide bonds. The zero-order valence-electron chi connectivity index (χ0n) is 11.8. The summed E-state index contributed by atoms with van der Waals surface area (Å²) in [6.45, 7) is 2.85. The minimum Gasteiger partial charge on any atom is -0.378 e. The number of hydrogen-bond donors (Lipinski definition) is 1. The number of nitrogens with one attached hydrogen (secondary N) is 1. The smallest absolute Gasteiger partial charge is 0.271 e. The lowest BCUT2D eigenvalue weighted by atomic mass is 10.2. The van der Waals surface area contributed by atoms with Crippen LogP contribution in [0.4, 0.5) is 5.95 Å². The van der Waals surface area contributed by atoms with Crippen LogP contribution >= 0.6 is 15.9 Å². The van der Waals surface area contributed by atoms with Crippen LogP contribution in [0.3, 0.4) is 0 Å². The number of nitrogens with zero attached hydrogens (tertiary/aromatic N) is 3. The van der Waals surface area contributed by atoms with Crippen molar-refractivity contribution in [1.29, 1.82) is 0 Å². The number of rotatable bonds is 3. The molecule has 2 aliphatic rings. The van der Waals surface area contributed by atoms with Crippen molar-refractivity contribution >= 4 is 27.8 Å². The Hall–Kier alpha value is -1.21. The van der Waals surface area contributed by atoms with Gasteiger partial charge in [-0.3, -0.25) is 4.79 Å². The van der Waals surface area contributed by atoms with Gasteiger partial charge in [-0.05, 0) is 28.8 Å². The minimum atomic E-state index is -0.120. The Morgan fingerprint density at radius 2 is 2.05 bits per heavy atom. The highest BCUT2D eigenvalue weighted by atomic mass is 79.9. The maximum atomic E-state index is 12.4. The van der Waals surface area contributed by atoms with Gasteiger partial charge in [-0.25, -0.2) is 9.97 Å². The molecule has 1 saturated heterocycles. The number of carbonyl (C=O) groups excluding carboxylic acids is 1. The summed E-state index contributed by atoms with van der Waals surface area (Å²) >= 11 is 3.38. The Bertz CT molecular complexity index is 514. The zero-order chi connectivity index (χ0) is 14.7. The first kappa shape index (κ1) is 14.7. The second-order valence-electron chi connectivity index (χ2n) is 5.42. The van der Waals surface area contributed by atoms with E-state index < -0.39 is 0 Å². The van der Waals surface area contributed by atoms with Gasteiger partial charge in [-0.2, -0.15) is 0 Å². The maximum absolute atomic E-state index is 12.4. The molecule has 7 heteroatoms. The molecule has 1 saturated carbocycles. The summed E-state index contributed by atoms with van der Waals surface area (Å²) in [7, 11) is 0. The molecule has 0 aromatic carbocycles. The van der Waals surface area contributed by atoms with Crippen LogP contribution < -0.4 is 10.2 Å². The zero-order valence-corrected chi connectivity index (χ0v) is 13.4. The van der Waals surface area contributed by atoms with E-state index in [2.05, 4.69) is 31.2 Å². The molecule has 1 N–H and O–H groups in total. The van der Waals surface area contributed by atoms with Crippen molar-refractivity contribution in [2.24, 2.45) is 0 Å². The third-order valence-electron chi connectivity index (χ3n) is 3.93. The Balaban J connectivity index is 1.75. The molecule has 0 unspecified atom stereocenters. The highest BCUT2D eigenvalue weighted by Crippen LogP contribution is 2.21. The van der Waals surface area contributed by atoms with Gasteiger partial charge in [0.2, 0.25) is 5.95 Å². The molecule has 2 fully saturated rings. The quantitative estimate of drug-likeness (QED) is 0.895. The molecule has 1 aliphatic carbocycles. The SMILES string of the molecule is O=C(NC1CCCC1)c1nc(N2CCOCC2)ncc1Br. The monoisotopic (exact) mass is 354 g/mol. The Labute approximate surface area is 132 Å². The predicted molar refractivity (Wildman–Crippen MR) is 82.5 cm³/mol. The molecule has 2 heterocycles. The summed E-state index contributed by atoms with van der Waals surface area (Å²) in [6.07, 6.45) is 6.15. The molecule has 0 radical (unpaired) electrons. The van der Waals surface area contributed by atoms with Gasteiger partial charge >= 0.3 is 0 Å². The van der Waals surface area contributed by atoms with Gasteiger partial charge in [0, 0.05) is 25.3 Å². The van der Waals surface area contributed by atoms with E-state index in [9.17, 15) is 4.79 Å². The molecule has 21 heavy (non-hydrogen) atoms. The van der Waals surface area contributed by atoms with Gasteiger partial charge < -0.3 is 15.0 Å². The summed E-state index contributed by atoms with van der Waals surface area (Å²) in [5.41, 5.74) is 0.415. The van der Waals surface area contributed by atoms with Crippen LogP contribution in [0.2, 0.25) is 0 Å². The van der Waals surface area contributed by atoms with Crippen LogP contribution in [-0.2, 0) is 4.74 Å². The number of carbonyl (C=O) groups is 1. The van der Waals surface area contributed by atoms with Crippen LogP contribution in [0.15, 0.2) is 10.7 Å². The Kier molecular flexibility index (Phi) is 4.70. The lowest BCUT2D eigenvalue weighted by molar-refractivity contribution is 0.0931. The fourth-order valence-corrected chi connectivity index (χ4v) is 3.13. The van der Waals surface area contributed by atoms with Crippen LogP contribution in [0, 0.1) is 0 Å². The van der Waals surface area contributed by atoms with Gasteiger partial charge in [0.05, 0.1) is 17.7 Å². The molecule has 114 valence electrons. The van der Waals surface area contributed by atoms with Gasteiger partial charge in [-0.1, -0.05) is 12.8 Å².